The number of halogens is 1. The molecule has 0 saturated heterocycles. The highest BCUT2D eigenvalue weighted by Gasteiger charge is 2.23. The maximum absolute atomic E-state index is 10.5. The zero-order valence-corrected chi connectivity index (χ0v) is 17.3. The van der Waals surface area contributed by atoms with Crippen LogP contribution in [0.15, 0.2) is 41.0 Å². The number of aliphatic imine (C=N–C) groups is 1. The van der Waals surface area contributed by atoms with E-state index < -0.39 is 5.60 Å². The van der Waals surface area contributed by atoms with Crippen LogP contribution < -0.4 is 10.6 Å². The fraction of sp³-hybridized carbons (Fsp3) is 0.500. The van der Waals surface area contributed by atoms with Crippen LogP contribution in [0, 0.1) is 0 Å². The highest BCUT2D eigenvalue weighted by atomic mass is 127. The Morgan fingerprint density at radius 1 is 1.42 bits per heavy atom. The van der Waals surface area contributed by atoms with Crippen LogP contribution in [0.2, 0.25) is 0 Å². The summed E-state index contributed by atoms with van der Waals surface area (Å²) in [5, 5.41) is 23.2. The monoisotopic (exact) mass is 463 g/mol. The van der Waals surface area contributed by atoms with E-state index in [0.29, 0.717) is 6.54 Å². The molecule has 2 aromatic heterocycles. The second kappa shape index (κ2) is 10.7. The van der Waals surface area contributed by atoms with E-state index in [1.807, 2.05) is 41.4 Å². The van der Waals surface area contributed by atoms with Gasteiger partial charge >= 0.3 is 0 Å². The lowest BCUT2D eigenvalue weighted by Crippen LogP contribution is -2.39. The van der Waals surface area contributed by atoms with Crippen molar-refractivity contribution in [3.05, 3.63) is 40.8 Å². The maximum atomic E-state index is 10.5. The van der Waals surface area contributed by atoms with Gasteiger partial charge in [-0.1, -0.05) is 6.07 Å². The summed E-state index contributed by atoms with van der Waals surface area (Å²) < 4.78 is 1.91. The van der Waals surface area contributed by atoms with Gasteiger partial charge in [-0.15, -0.1) is 35.3 Å². The van der Waals surface area contributed by atoms with E-state index in [2.05, 4.69) is 20.7 Å². The summed E-state index contributed by atoms with van der Waals surface area (Å²) in [7, 11) is 0. The Labute approximate surface area is 164 Å². The molecule has 2 heterocycles. The summed E-state index contributed by atoms with van der Waals surface area (Å²) in [6, 6.07) is 5.80. The lowest BCUT2D eigenvalue weighted by molar-refractivity contribution is 0.0711. The van der Waals surface area contributed by atoms with E-state index in [-0.39, 0.29) is 24.0 Å². The van der Waals surface area contributed by atoms with Crippen molar-refractivity contribution in [2.75, 3.05) is 19.6 Å². The number of aryl methyl sites for hydroxylation is 1. The van der Waals surface area contributed by atoms with E-state index in [1.54, 1.807) is 24.5 Å². The van der Waals surface area contributed by atoms with Gasteiger partial charge in [0, 0.05) is 36.9 Å². The zero-order chi connectivity index (χ0) is 16.5. The van der Waals surface area contributed by atoms with E-state index >= 15 is 0 Å². The molecule has 0 fully saturated rings. The predicted molar refractivity (Wildman–Crippen MR) is 110 cm³/mol. The summed E-state index contributed by atoms with van der Waals surface area (Å²) in [6.45, 7) is 6.59. The van der Waals surface area contributed by atoms with Gasteiger partial charge in [0.05, 0.1) is 6.54 Å². The Morgan fingerprint density at radius 2 is 2.25 bits per heavy atom. The Kier molecular flexibility index (Phi) is 9.30. The molecular formula is C16H26IN5OS. The second-order valence-corrected chi connectivity index (χ2v) is 6.44. The van der Waals surface area contributed by atoms with Gasteiger partial charge in [0.15, 0.2) is 5.96 Å². The quantitative estimate of drug-likeness (QED) is 0.243. The SMILES string of the molecule is CCNC(=NCC(C)(O)c1cccs1)NCCCn1cccn1.I. The van der Waals surface area contributed by atoms with Crippen molar-refractivity contribution in [3.63, 3.8) is 0 Å². The van der Waals surface area contributed by atoms with Crippen LogP contribution in [-0.4, -0.2) is 40.5 Å². The second-order valence-electron chi connectivity index (χ2n) is 5.50. The third-order valence-corrected chi connectivity index (χ3v) is 4.48. The number of nitrogens with one attached hydrogen (secondary N) is 2. The molecule has 0 aliphatic rings. The molecule has 3 N–H and O–H groups in total. The molecule has 0 bridgehead atoms. The van der Waals surface area contributed by atoms with E-state index in [4.69, 9.17) is 0 Å². The summed E-state index contributed by atoms with van der Waals surface area (Å²) in [5.74, 6) is 0.727. The molecule has 24 heavy (non-hydrogen) atoms. The van der Waals surface area contributed by atoms with Crippen LogP contribution in [0.5, 0.6) is 0 Å². The lowest BCUT2D eigenvalue weighted by atomic mass is 10.1. The number of aromatic nitrogens is 2. The summed E-state index contributed by atoms with van der Waals surface area (Å²) >= 11 is 1.55. The van der Waals surface area contributed by atoms with Gasteiger partial charge in [0.25, 0.3) is 0 Å². The fourth-order valence-corrected chi connectivity index (χ4v) is 2.90. The van der Waals surface area contributed by atoms with Crippen molar-refractivity contribution in [1.82, 2.24) is 20.4 Å². The zero-order valence-electron chi connectivity index (χ0n) is 14.1. The van der Waals surface area contributed by atoms with Crippen LogP contribution in [-0.2, 0) is 12.1 Å². The minimum absolute atomic E-state index is 0. The van der Waals surface area contributed by atoms with E-state index in [1.165, 1.54) is 0 Å². The molecule has 0 amide bonds. The van der Waals surface area contributed by atoms with Gasteiger partial charge in [0.1, 0.15) is 5.60 Å². The maximum Gasteiger partial charge on any atom is 0.191 e. The van der Waals surface area contributed by atoms with Gasteiger partial charge in [0.2, 0.25) is 0 Å². The van der Waals surface area contributed by atoms with Gasteiger partial charge < -0.3 is 15.7 Å². The Morgan fingerprint density at radius 3 is 2.88 bits per heavy atom. The molecule has 6 nitrogen and oxygen atoms in total. The van der Waals surface area contributed by atoms with Gasteiger partial charge in [-0.2, -0.15) is 5.10 Å². The fourth-order valence-electron chi connectivity index (χ4n) is 2.12. The molecule has 0 radical (unpaired) electrons. The molecular weight excluding hydrogens is 437 g/mol. The first-order valence-electron chi connectivity index (χ1n) is 7.88. The highest BCUT2D eigenvalue weighted by Crippen LogP contribution is 2.25. The number of thiophene rings is 1. The van der Waals surface area contributed by atoms with E-state index in [0.717, 1.165) is 36.9 Å². The molecule has 8 heteroatoms. The number of hydrogen-bond acceptors (Lipinski definition) is 4. The highest BCUT2D eigenvalue weighted by molar-refractivity contribution is 14.0. The standard InChI is InChI=1S/C16H25N5OS.HI/c1-3-17-15(18-8-5-10-21-11-6-9-20-21)19-13-16(2,22)14-7-4-12-23-14;/h4,6-7,9,11-12,22H,3,5,8,10,13H2,1-2H3,(H2,17,18,19);1H. The van der Waals surface area contributed by atoms with Crippen molar-refractivity contribution in [2.45, 2.75) is 32.4 Å². The van der Waals surface area contributed by atoms with Crippen LogP contribution in [0.4, 0.5) is 0 Å². The third kappa shape index (κ3) is 6.78. The molecule has 2 rings (SSSR count). The number of nitrogens with zero attached hydrogens (tertiary/aromatic N) is 3. The van der Waals surface area contributed by atoms with Gasteiger partial charge in [-0.25, -0.2) is 4.99 Å². The first kappa shape index (κ1) is 20.9. The minimum atomic E-state index is -0.939. The van der Waals surface area contributed by atoms with Crippen molar-refractivity contribution in [1.29, 1.82) is 0 Å². The third-order valence-electron chi connectivity index (χ3n) is 3.36. The van der Waals surface area contributed by atoms with Crippen molar-refractivity contribution < 1.29 is 5.11 Å². The van der Waals surface area contributed by atoms with Crippen molar-refractivity contribution >= 4 is 41.3 Å². The number of rotatable bonds is 8. The predicted octanol–water partition coefficient (Wildman–Crippen LogP) is 2.42. The normalized spacial score (nSPS) is 13.9. The number of hydrogen-bond donors (Lipinski definition) is 3. The molecule has 0 aliphatic carbocycles. The molecule has 1 atom stereocenters. The smallest absolute Gasteiger partial charge is 0.191 e. The van der Waals surface area contributed by atoms with Gasteiger partial charge in [-0.3, -0.25) is 4.68 Å². The summed E-state index contributed by atoms with van der Waals surface area (Å²) in [4.78, 5) is 5.43. The largest absolute Gasteiger partial charge is 0.383 e. The Bertz CT molecular complexity index is 584. The van der Waals surface area contributed by atoms with Gasteiger partial charge in [-0.05, 0) is 37.8 Å². The van der Waals surface area contributed by atoms with Crippen LogP contribution in [0.3, 0.4) is 0 Å². The topological polar surface area (TPSA) is 74.5 Å². The molecule has 2 aromatic rings. The van der Waals surface area contributed by atoms with Crippen LogP contribution in [0.1, 0.15) is 25.1 Å². The number of guanidine groups is 1. The van der Waals surface area contributed by atoms with Crippen molar-refractivity contribution in [2.24, 2.45) is 4.99 Å². The molecule has 0 aromatic carbocycles. The first-order valence-corrected chi connectivity index (χ1v) is 8.76. The van der Waals surface area contributed by atoms with Crippen molar-refractivity contribution in [3.8, 4) is 0 Å². The average molecular weight is 463 g/mol. The van der Waals surface area contributed by atoms with Crippen LogP contribution >= 0.6 is 35.3 Å². The molecule has 0 saturated carbocycles. The Balaban J connectivity index is 0.00000288. The van der Waals surface area contributed by atoms with E-state index in [9.17, 15) is 5.11 Å². The lowest BCUT2D eigenvalue weighted by Gasteiger charge is -2.20. The summed E-state index contributed by atoms with van der Waals surface area (Å²) in [5.41, 5.74) is -0.939. The molecule has 134 valence electrons. The average Bonchev–Trinajstić information content (AvgIpc) is 3.22. The molecule has 1 unspecified atom stereocenters. The number of aliphatic hydroxyl groups is 1. The first-order chi connectivity index (χ1) is 11.1. The summed E-state index contributed by atoms with van der Waals surface area (Å²) in [6.07, 6.45) is 4.69. The molecule has 0 aliphatic heterocycles. The Hall–Kier alpha value is -1.13. The van der Waals surface area contributed by atoms with Crippen LogP contribution in [0.25, 0.3) is 0 Å². The minimum Gasteiger partial charge on any atom is -0.383 e. The molecule has 0 spiro atoms.